The molecule has 21 heavy (non-hydrogen) atoms. The van der Waals surface area contributed by atoms with E-state index in [4.69, 9.17) is 23.2 Å². The number of rotatable bonds is 5. The van der Waals surface area contributed by atoms with Crippen LogP contribution >= 0.6 is 23.2 Å². The molecule has 4 heteroatoms. The van der Waals surface area contributed by atoms with Gasteiger partial charge < -0.3 is 4.90 Å². The molecule has 1 heterocycles. The van der Waals surface area contributed by atoms with E-state index in [1.807, 2.05) is 26.0 Å². The number of hydrogen-bond donors (Lipinski definition) is 0. The molecule has 0 aromatic heterocycles. The van der Waals surface area contributed by atoms with Gasteiger partial charge in [0.25, 0.3) is 0 Å². The van der Waals surface area contributed by atoms with Gasteiger partial charge in [-0.1, -0.05) is 62.9 Å². The molecule has 0 N–H and O–H groups in total. The third kappa shape index (κ3) is 5.69. The fourth-order valence-corrected chi connectivity index (χ4v) is 2.95. The van der Waals surface area contributed by atoms with Crippen molar-refractivity contribution in [3.8, 4) is 0 Å². The van der Waals surface area contributed by atoms with Gasteiger partial charge in [0.05, 0.1) is 15.7 Å². The van der Waals surface area contributed by atoms with Crippen LogP contribution in [0, 0.1) is 0 Å². The highest BCUT2D eigenvalue weighted by Gasteiger charge is 2.19. The zero-order chi connectivity index (χ0) is 15.7. The maximum Gasteiger partial charge on any atom is 0.0825 e. The molecule has 1 aromatic rings. The van der Waals surface area contributed by atoms with E-state index >= 15 is 0 Å². The molecule has 0 atom stereocenters. The van der Waals surface area contributed by atoms with Gasteiger partial charge >= 0.3 is 0 Å². The summed E-state index contributed by atoms with van der Waals surface area (Å²) in [5.74, 6) is 0. The van der Waals surface area contributed by atoms with Gasteiger partial charge in [-0.2, -0.15) is 0 Å². The van der Waals surface area contributed by atoms with Gasteiger partial charge in [-0.05, 0) is 25.1 Å². The van der Waals surface area contributed by atoms with Crippen LogP contribution in [0.5, 0.6) is 0 Å². The van der Waals surface area contributed by atoms with E-state index in [1.165, 1.54) is 25.8 Å². The van der Waals surface area contributed by atoms with Gasteiger partial charge in [-0.3, -0.25) is 4.90 Å². The Hall–Kier alpha value is -0.440. The first-order valence-corrected chi connectivity index (χ1v) is 8.89. The molecular formula is C17H28Cl2N2. The van der Waals surface area contributed by atoms with Crippen molar-refractivity contribution < 1.29 is 0 Å². The van der Waals surface area contributed by atoms with Crippen LogP contribution < -0.4 is 4.90 Å². The Labute approximate surface area is 140 Å². The van der Waals surface area contributed by atoms with Crippen LogP contribution in [-0.4, -0.2) is 37.6 Å². The molecule has 1 fully saturated rings. The zero-order valence-electron chi connectivity index (χ0n) is 13.5. The van der Waals surface area contributed by atoms with E-state index in [9.17, 15) is 0 Å². The van der Waals surface area contributed by atoms with Crippen molar-refractivity contribution in [3.63, 3.8) is 0 Å². The number of nitrogens with zero attached hydrogens (tertiary/aromatic N) is 2. The van der Waals surface area contributed by atoms with E-state index in [1.54, 1.807) is 0 Å². The summed E-state index contributed by atoms with van der Waals surface area (Å²) >= 11 is 12.4. The van der Waals surface area contributed by atoms with Gasteiger partial charge in [0, 0.05) is 26.2 Å². The minimum Gasteiger partial charge on any atom is -0.368 e. The lowest BCUT2D eigenvalue weighted by atomic mass is 10.2. The van der Waals surface area contributed by atoms with Crippen molar-refractivity contribution in [2.45, 2.75) is 40.0 Å². The van der Waals surface area contributed by atoms with Crippen LogP contribution in [0.15, 0.2) is 18.2 Å². The summed E-state index contributed by atoms with van der Waals surface area (Å²) in [6.45, 7) is 11.8. The van der Waals surface area contributed by atoms with Crippen LogP contribution in [0.4, 0.5) is 5.69 Å². The molecule has 0 radical (unpaired) electrons. The van der Waals surface area contributed by atoms with Crippen LogP contribution in [0.1, 0.15) is 40.0 Å². The average Bonchev–Trinajstić information content (AvgIpc) is 2.53. The monoisotopic (exact) mass is 330 g/mol. The van der Waals surface area contributed by atoms with E-state index in [-0.39, 0.29) is 0 Å². The standard InChI is InChI=1S/C15H22Cl2N2.C2H6/c1-2-3-4-8-18-9-11-19(12-10-18)14-7-5-6-13(16)15(14)17;1-2/h5-7H,2-4,8-12H2,1H3;1-2H3. The molecule has 1 saturated heterocycles. The SMILES string of the molecule is CC.CCCCCN1CCN(c2cccc(Cl)c2Cl)CC1. The first-order chi connectivity index (χ1) is 10.2. The van der Waals surface area contributed by atoms with Gasteiger partial charge in [0.2, 0.25) is 0 Å². The van der Waals surface area contributed by atoms with Gasteiger partial charge in [-0.25, -0.2) is 0 Å². The van der Waals surface area contributed by atoms with E-state index in [0.29, 0.717) is 10.0 Å². The molecule has 2 rings (SSSR count). The fraction of sp³-hybridized carbons (Fsp3) is 0.647. The van der Waals surface area contributed by atoms with Crippen molar-refractivity contribution in [1.29, 1.82) is 0 Å². The van der Waals surface area contributed by atoms with E-state index in [2.05, 4.69) is 22.8 Å². The second-order valence-corrected chi connectivity index (χ2v) is 5.89. The molecule has 1 aliphatic rings. The fourth-order valence-electron chi connectivity index (χ4n) is 2.53. The minimum atomic E-state index is 0.643. The highest BCUT2D eigenvalue weighted by molar-refractivity contribution is 6.43. The van der Waals surface area contributed by atoms with Crippen molar-refractivity contribution in [2.24, 2.45) is 0 Å². The Morgan fingerprint density at radius 1 is 1.00 bits per heavy atom. The number of halogens is 2. The summed E-state index contributed by atoms with van der Waals surface area (Å²) in [5, 5.41) is 1.33. The summed E-state index contributed by atoms with van der Waals surface area (Å²) < 4.78 is 0. The second kappa shape index (κ2) is 10.3. The van der Waals surface area contributed by atoms with Gasteiger partial charge in [0.15, 0.2) is 0 Å². The summed E-state index contributed by atoms with van der Waals surface area (Å²) in [7, 11) is 0. The van der Waals surface area contributed by atoms with Gasteiger partial charge in [-0.15, -0.1) is 0 Å². The average molecular weight is 331 g/mol. The van der Waals surface area contributed by atoms with Crippen molar-refractivity contribution in [2.75, 3.05) is 37.6 Å². The maximum absolute atomic E-state index is 6.28. The van der Waals surface area contributed by atoms with Crippen LogP contribution in [0.3, 0.4) is 0 Å². The smallest absolute Gasteiger partial charge is 0.0825 e. The van der Waals surface area contributed by atoms with Crippen molar-refractivity contribution in [3.05, 3.63) is 28.2 Å². The molecule has 0 aliphatic carbocycles. The molecule has 0 spiro atoms. The molecular weight excluding hydrogens is 303 g/mol. The number of unbranched alkanes of at least 4 members (excludes halogenated alkanes) is 2. The highest BCUT2D eigenvalue weighted by Crippen LogP contribution is 2.32. The quantitative estimate of drug-likeness (QED) is 0.673. The molecule has 1 aromatic carbocycles. The lowest BCUT2D eigenvalue weighted by Gasteiger charge is -2.36. The van der Waals surface area contributed by atoms with Crippen LogP contribution in [-0.2, 0) is 0 Å². The first-order valence-electron chi connectivity index (χ1n) is 8.13. The molecule has 120 valence electrons. The zero-order valence-corrected chi connectivity index (χ0v) is 15.1. The Balaban J connectivity index is 0.00000106. The third-order valence-corrected chi connectivity index (χ3v) is 4.53. The molecule has 0 bridgehead atoms. The van der Waals surface area contributed by atoms with E-state index < -0.39 is 0 Å². The number of anilines is 1. The van der Waals surface area contributed by atoms with Crippen molar-refractivity contribution >= 4 is 28.9 Å². The molecule has 1 aliphatic heterocycles. The Kier molecular flexibility index (Phi) is 9.14. The predicted molar refractivity (Wildman–Crippen MR) is 96.0 cm³/mol. The molecule has 0 unspecified atom stereocenters. The lowest BCUT2D eigenvalue weighted by Crippen LogP contribution is -2.46. The first kappa shape index (κ1) is 18.6. The van der Waals surface area contributed by atoms with Gasteiger partial charge in [0.1, 0.15) is 0 Å². The Morgan fingerprint density at radius 3 is 2.29 bits per heavy atom. The molecule has 0 amide bonds. The van der Waals surface area contributed by atoms with E-state index in [0.717, 1.165) is 31.9 Å². The topological polar surface area (TPSA) is 6.48 Å². The van der Waals surface area contributed by atoms with Crippen LogP contribution in [0.2, 0.25) is 10.0 Å². The van der Waals surface area contributed by atoms with Crippen LogP contribution in [0.25, 0.3) is 0 Å². The molecule has 2 nitrogen and oxygen atoms in total. The lowest BCUT2D eigenvalue weighted by molar-refractivity contribution is 0.252. The largest absolute Gasteiger partial charge is 0.368 e. The predicted octanol–water partition coefficient (Wildman–Crippen LogP) is 5.33. The summed E-state index contributed by atoms with van der Waals surface area (Å²) in [5.41, 5.74) is 1.07. The number of hydrogen-bond acceptors (Lipinski definition) is 2. The molecule has 0 saturated carbocycles. The number of benzene rings is 1. The third-order valence-electron chi connectivity index (χ3n) is 3.72. The number of piperazine rings is 1. The highest BCUT2D eigenvalue weighted by atomic mass is 35.5. The Morgan fingerprint density at radius 2 is 1.67 bits per heavy atom. The summed E-state index contributed by atoms with van der Waals surface area (Å²) in [4.78, 5) is 4.88. The summed E-state index contributed by atoms with van der Waals surface area (Å²) in [6.07, 6.45) is 3.94. The Bertz CT molecular complexity index is 402. The summed E-state index contributed by atoms with van der Waals surface area (Å²) in [6, 6.07) is 5.87. The second-order valence-electron chi connectivity index (χ2n) is 5.11. The van der Waals surface area contributed by atoms with Crippen molar-refractivity contribution in [1.82, 2.24) is 4.90 Å². The maximum atomic E-state index is 6.28. The normalized spacial score (nSPS) is 15.6. The minimum absolute atomic E-state index is 0.643.